The molecule has 144 valence electrons. The molecule has 0 amide bonds. The largest absolute Gasteiger partial charge is 0.461 e. The summed E-state index contributed by atoms with van der Waals surface area (Å²) < 4.78 is 16.3. The summed E-state index contributed by atoms with van der Waals surface area (Å²) >= 11 is 0. The number of carbonyl (C=O) groups excluding carboxylic acids is 3. The van der Waals surface area contributed by atoms with Crippen LogP contribution >= 0.6 is 0 Å². The Morgan fingerprint density at radius 3 is 2.38 bits per heavy atom. The highest BCUT2D eigenvalue weighted by Gasteiger charge is 2.66. The highest BCUT2D eigenvalue weighted by Crippen LogP contribution is 2.56. The molecule has 0 radical (unpaired) electrons. The van der Waals surface area contributed by atoms with Crippen molar-refractivity contribution in [1.82, 2.24) is 0 Å². The van der Waals surface area contributed by atoms with Crippen LogP contribution in [0, 0.1) is 17.3 Å². The number of carbonyl (C=O) groups is 3. The normalized spacial score (nSPS) is 44.6. The van der Waals surface area contributed by atoms with E-state index in [-0.39, 0.29) is 18.4 Å². The first kappa shape index (κ1) is 18.8. The van der Waals surface area contributed by atoms with Gasteiger partial charge in [0.15, 0.2) is 0 Å². The average Bonchev–Trinajstić information content (AvgIpc) is 2.89. The van der Waals surface area contributed by atoms with Crippen LogP contribution in [0.2, 0.25) is 0 Å². The van der Waals surface area contributed by atoms with Crippen molar-refractivity contribution in [3.05, 3.63) is 12.2 Å². The van der Waals surface area contributed by atoms with Gasteiger partial charge in [-0.15, -0.1) is 0 Å². The van der Waals surface area contributed by atoms with Gasteiger partial charge in [-0.05, 0) is 12.3 Å². The zero-order chi connectivity index (χ0) is 19.4. The van der Waals surface area contributed by atoms with Crippen LogP contribution in [0.3, 0.4) is 0 Å². The minimum absolute atomic E-state index is 0.102. The number of fused-ring (bicyclic) bond motifs is 2. The quantitative estimate of drug-likeness (QED) is 0.400. The van der Waals surface area contributed by atoms with Gasteiger partial charge in [0, 0.05) is 31.3 Å². The molecule has 3 fully saturated rings. The summed E-state index contributed by atoms with van der Waals surface area (Å²) in [4.78, 5) is 35.5. The molecule has 1 aliphatic heterocycles. The van der Waals surface area contributed by atoms with Gasteiger partial charge in [-0.25, -0.2) is 4.79 Å². The van der Waals surface area contributed by atoms with E-state index in [4.69, 9.17) is 14.2 Å². The molecule has 0 aromatic carbocycles. The topological polar surface area (TPSA) is 119 Å². The summed E-state index contributed by atoms with van der Waals surface area (Å²) in [6.45, 7) is 7.97. The van der Waals surface area contributed by atoms with Crippen LogP contribution in [0.1, 0.15) is 33.6 Å². The fourth-order valence-corrected chi connectivity index (χ4v) is 4.87. The van der Waals surface area contributed by atoms with Crippen LogP contribution in [-0.2, 0) is 28.6 Å². The molecule has 8 heteroatoms. The minimum atomic E-state index is -1.04. The molecule has 3 aliphatic rings. The van der Waals surface area contributed by atoms with Crippen LogP contribution in [-0.4, -0.2) is 58.6 Å². The lowest BCUT2D eigenvalue weighted by molar-refractivity contribution is -0.170. The standard InChI is InChI=1S/C18H24O8/c1-7-14-15(26-17(7)23)12(24-8(2)19)5-10-11(21)6-13(22)18(10,4)16(14)25-9(3)20/h10-16,21-22H,1,5-6H2,2-4H3/t10-,11+,12-,13-,14-,15+,16-,18+/m1/s1. The predicted octanol–water partition coefficient (Wildman–Crippen LogP) is 0.0993. The van der Waals surface area contributed by atoms with Crippen molar-refractivity contribution >= 4 is 17.9 Å². The van der Waals surface area contributed by atoms with E-state index in [0.717, 1.165) is 0 Å². The molecule has 0 aromatic rings. The lowest BCUT2D eigenvalue weighted by Crippen LogP contribution is -2.50. The molecule has 0 bridgehead atoms. The predicted molar refractivity (Wildman–Crippen MR) is 86.5 cm³/mol. The van der Waals surface area contributed by atoms with Crippen LogP contribution in [0.25, 0.3) is 0 Å². The van der Waals surface area contributed by atoms with Crippen LogP contribution in [0.5, 0.6) is 0 Å². The van der Waals surface area contributed by atoms with Crippen molar-refractivity contribution < 1.29 is 38.8 Å². The Bertz CT molecular complexity index is 658. The number of aliphatic hydroxyl groups is 2. The summed E-state index contributed by atoms with van der Waals surface area (Å²) in [7, 11) is 0. The molecule has 2 N–H and O–H groups in total. The number of esters is 3. The Balaban J connectivity index is 2.13. The Hall–Kier alpha value is -1.93. The average molecular weight is 368 g/mol. The van der Waals surface area contributed by atoms with Gasteiger partial charge >= 0.3 is 17.9 Å². The Morgan fingerprint density at radius 2 is 1.81 bits per heavy atom. The number of hydrogen-bond donors (Lipinski definition) is 2. The maximum Gasteiger partial charge on any atom is 0.334 e. The number of ether oxygens (including phenoxy) is 3. The number of hydrogen-bond acceptors (Lipinski definition) is 8. The summed E-state index contributed by atoms with van der Waals surface area (Å²) in [5.41, 5.74) is -0.936. The van der Waals surface area contributed by atoms with E-state index in [2.05, 4.69) is 6.58 Å². The third kappa shape index (κ3) is 2.72. The fourth-order valence-electron chi connectivity index (χ4n) is 4.87. The van der Waals surface area contributed by atoms with E-state index >= 15 is 0 Å². The molecule has 1 heterocycles. The summed E-state index contributed by atoms with van der Waals surface area (Å²) in [6.07, 6.45) is -4.21. The van der Waals surface area contributed by atoms with Crippen LogP contribution < -0.4 is 0 Å². The molecule has 26 heavy (non-hydrogen) atoms. The lowest BCUT2D eigenvalue weighted by atomic mass is 9.68. The molecule has 0 aromatic heterocycles. The molecule has 1 saturated heterocycles. The second-order valence-electron chi connectivity index (χ2n) is 7.63. The van der Waals surface area contributed by atoms with Crippen LogP contribution in [0.15, 0.2) is 12.2 Å². The maximum atomic E-state index is 12.1. The van der Waals surface area contributed by atoms with Crippen LogP contribution in [0.4, 0.5) is 0 Å². The van der Waals surface area contributed by atoms with E-state index in [1.54, 1.807) is 6.92 Å². The van der Waals surface area contributed by atoms with Gasteiger partial charge in [0.1, 0.15) is 18.3 Å². The van der Waals surface area contributed by atoms with Crippen molar-refractivity contribution in [3.63, 3.8) is 0 Å². The van der Waals surface area contributed by atoms with Gasteiger partial charge in [-0.2, -0.15) is 0 Å². The van der Waals surface area contributed by atoms with E-state index < -0.39 is 65.7 Å². The minimum Gasteiger partial charge on any atom is -0.461 e. The van der Waals surface area contributed by atoms with Crippen molar-refractivity contribution in [2.75, 3.05) is 0 Å². The smallest absolute Gasteiger partial charge is 0.334 e. The monoisotopic (exact) mass is 368 g/mol. The first-order valence-corrected chi connectivity index (χ1v) is 8.67. The second kappa shape index (κ2) is 6.35. The van der Waals surface area contributed by atoms with E-state index in [1.165, 1.54) is 13.8 Å². The zero-order valence-electron chi connectivity index (χ0n) is 15.0. The van der Waals surface area contributed by atoms with E-state index in [0.29, 0.717) is 0 Å². The summed E-state index contributed by atoms with van der Waals surface area (Å²) in [6, 6.07) is 0. The number of rotatable bonds is 2. The second-order valence-corrected chi connectivity index (χ2v) is 7.63. The Kier molecular flexibility index (Phi) is 4.60. The molecule has 3 rings (SSSR count). The molecule has 8 atom stereocenters. The SMILES string of the molecule is C=C1C(=O)O[C@@H]2[C@@H]1[C@@H](OC(C)=O)[C@]1(C)[C@H](O)C[C@H](O)[C@H]1C[C@H]2OC(C)=O. The molecule has 0 spiro atoms. The van der Waals surface area contributed by atoms with Crippen molar-refractivity contribution in [2.45, 2.75) is 64.1 Å². The van der Waals surface area contributed by atoms with E-state index in [9.17, 15) is 24.6 Å². The third-order valence-corrected chi connectivity index (χ3v) is 6.11. The maximum absolute atomic E-state index is 12.1. The first-order chi connectivity index (χ1) is 12.1. The Morgan fingerprint density at radius 1 is 1.19 bits per heavy atom. The van der Waals surface area contributed by atoms with Gasteiger partial charge in [-0.3, -0.25) is 9.59 Å². The lowest BCUT2D eigenvalue weighted by Gasteiger charge is -2.41. The van der Waals surface area contributed by atoms with Gasteiger partial charge in [-0.1, -0.05) is 13.5 Å². The first-order valence-electron chi connectivity index (χ1n) is 8.67. The van der Waals surface area contributed by atoms with Crippen molar-refractivity contribution in [1.29, 1.82) is 0 Å². The summed E-state index contributed by atoms with van der Waals surface area (Å²) in [5, 5.41) is 21.2. The Labute approximate surface area is 151 Å². The van der Waals surface area contributed by atoms with Gasteiger partial charge in [0.05, 0.1) is 18.1 Å². The van der Waals surface area contributed by atoms with Gasteiger partial charge in [0.2, 0.25) is 0 Å². The molecular formula is C18H24O8. The third-order valence-electron chi connectivity index (χ3n) is 6.11. The highest BCUT2D eigenvalue weighted by molar-refractivity contribution is 5.91. The van der Waals surface area contributed by atoms with Crippen molar-refractivity contribution in [2.24, 2.45) is 17.3 Å². The molecule has 2 saturated carbocycles. The van der Waals surface area contributed by atoms with Gasteiger partial charge < -0.3 is 24.4 Å². The molecule has 8 nitrogen and oxygen atoms in total. The van der Waals surface area contributed by atoms with Crippen molar-refractivity contribution in [3.8, 4) is 0 Å². The van der Waals surface area contributed by atoms with E-state index in [1.807, 2.05) is 0 Å². The zero-order valence-corrected chi connectivity index (χ0v) is 15.0. The molecule has 2 aliphatic carbocycles. The van der Waals surface area contributed by atoms with Gasteiger partial charge in [0.25, 0.3) is 0 Å². The summed E-state index contributed by atoms with van der Waals surface area (Å²) in [5.74, 6) is -3.07. The molecular weight excluding hydrogens is 344 g/mol. The highest BCUT2D eigenvalue weighted by atomic mass is 16.6. The fraction of sp³-hybridized carbons (Fsp3) is 0.722. The number of aliphatic hydroxyl groups excluding tert-OH is 2. The molecule has 0 unspecified atom stereocenters.